The summed E-state index contributed by atoms with van der Waals surface area (Å²) in [6.07, 6.45) is 8.54. The molecule has 1 fully saturated rings. The van der Waals surface area contributed by atoms with Crippen molar-refractivity contribution in [1.82, 2.24) is 0 Å². The number of aliphatic hydroxyl groups is 1. The van der Waals surface area contributed by atoms with Crippen LogP contribution in [0, 0.1) is 22.7 Å². The summed E-state index contributed by atoms with van der Waals surface area (Å²) in [4.78, 5) is 0. The Kier molecular flexibility index (Phi) is 3.54. The van der Waals surface area contributed by atoms with Gasteiger partial charge in [-0.05, 0) is 60.3 Å². The summed E-state index contributed by atoms with van der Waals surface area (Å²) in [7, 11) is 0. The molecule has 0 saturated heterocycles. The summed E-state index contributed by atoms with van der Waals surface area (Å²) in [5.41, 5.74) is 5.39. The summed E-state index contributed by atoms with van der Waals surface area (Å²) in [5, 5.41) is 10.6. The van der Waals surface area contributed by atoms with E-state index in [2.05, 4.69) is 34.6 Å². The van der Waals surface area contributed by atoms with Crippen LogP contribution in [0.25, 0.3) is 0 Å². The first-order valence-corrected chi connectivity index (χ1v) is 8.88. The van der Waals surface area contributed by atoms with Gasteiger partial charge in [-0.25, -0.2) is 0 Å². The average molecular weight is 288 g/mol. The van der Waals surface area contributed by atoms with Gasteiger partial charge in [0, 0.05) is 6.42 Å². The molecule has 2 atom stereocenters. The Labute approximate surface area is 130 Å². The van der Waals surface area contributed by atoms with Crippen molar-refractivity contribution in [2.24, 2.45) is 22.7 Å². The second-order valence-corrected chi connectivity index (χ2v) is 8.91. The van der Waals surface area contributed by atoms with Crippen molar-refractivity contribution < 1.29 is 5.11 Å². The zero-order valence-electron chi connectivity index (χ0n) is 14.6. The molecule has 3 rings (SSSR count). The third kappa shape index (κ3) is 2.28. The van der Waals surface area contributed by atoms with E-state index in [1.807, 2.05) is 0 Å². The van der Waals surface area contributed by atoms with Gasteiger partial charge in [0.15, 0.2) is 0 Å². The first-order valence-electron chi connectivity index (χ1n) is 8.88. The van der Waals surface area contributed by atoms with Gasteiger partial charge >= 0.3 is 0 Å². The average Bonchev–Trinajstić information content (AvgIpc) is 2.37. The Bertz CT molecular complexity index is 506. The van der Waals surface area contributed by atoms with Crippen LogP contribution in [-0.4, -0.2) is 5.11 Å². The summed E-state index contributed by atoms with van der Waals surface area (Å²) in [5.74, 6) is 1.97. The third-order valence-electron chi connectivity index (χ3n) is 6.90. The zero-order valence-corrected chi connectivity index (χ0v) is 14.6. The molecule has 1 nitrogen and oxygen atoms in total. The van der Waals surface area contributed by atoms with Gasteiger partial charge in [0.25, 0.3) is 0 Å². The zero-order chi connectivity index (χ0) is 15.4. The lowest BCUT2D eigenvalue weighted by Gasteiger charge is -2.56. The van der Waals surface area contributed by atoms with E-state index in [0.29, 0.717) is 22.5 Å². The predicted molar refractivity (Wildman–Crippen MR) is 89.2 cm³/mol. The Balaban J connectivity index is 1.98. The summed E-state index contributed by atoms with van der Waals surface area (Å²) in [6.45, 7) is 11.9. The fourth-order valence-electron chi connectivity index (χ4n) is 5.74. The normalized spacial score (nSPS) is 35.8. The molecule has 1 N–H and O–H groups in total. The van der Waals surface area contributed by atoms with Crippen LogP contribution >= 0.6 is 0 Å². The molecule has 3 aliphatic carbocycles. The van der Waals surface area contributed by atoms with E-state index in [1.165, 1.54) is 37.7 Å². The fourth-order valence-corrected chi connectivity index (χ4v) is 5.74. The molecule has 21 heavy (non-hydrogen) atoms. The van der Waals surface area contributed by atoms with Crippen LogP contribution in [0.1, 0.15) is 79.6 Å². The lowest BCUT2D eigenvalue weighted by molar-refractivity contribution is 0.00913. The number of allylic oxidation sites excluding steroid dienone is 3. The van der Waals surface area contributed by atoms with Gasteiger partial charge in [-0.3, -0.25) is 0 Å². The minimum Gasteiger partial charge on any atom is -0.512 e. The van der Waals surface area contributed by atoms with E-state index < -0.39 is 0 Å². The Morgan fingerprint density at radius 3 is 2.48 bits per heavy atom. The van der Waals surface area contributed by atoms with Crippen LogP contribution in [0.5, 0.6) is 0 Å². The molecule has 118 valence electrons. The quantitative estimate of drug-likeness (QED) is 0.572. The lowest BCUT2D eigenvalue weighted by Crippen LogP contribution is -2.46. The van der Waals surface area contributed by atoms with Crippen molar-refractivity contribution in [3.05, 3.63) is 22.5 Å². The van der Waals surface area contributed by atoms with E-state index in [0.717, 1.165) is 18.8 Å². The van der Waals surface area contributed by atoms with Crippen LogP contribution < -0.4 is 0 Å². The van der Waals surface area contributed by atoms with Crippen LogP contribution in [0.2, 0.25) is 0 Å². The first-order chi connectivity index (χ1) is 9.75. The molecular formula is C20H32O. The molecular weight excluding hydrogens is 256 g/mol. The highest BCUT2D eigenvalue weighted by Gasteiger charge is 2.51. The second kappa shape index (κ2) is 4.89. The highest BCUT2D eigenvalue weighted by molar-refractivity contribution is 5.39. The van der Waals surface area contributed by atoms with Crippen LogP contribution in [0.15, 0.2) is 22.5 Å². The van der Waals surface area contributed by atoms with Crippen molar-refractivity contribution in [1.29, 1.82) is 0 Å². The molecule has 0 heterocycles. The van der Waals surface area contributed by atoms with Gasteiger partial charge in [-0.1, -0.05) is 52.2 Å². The molecule has 0 aromatic heterocycles. The summed E-state index contributed by atoms with van der Waals surface area (Å²) in [6, 6.07) is 0. The summed E-state index contributed by atoms with van der Waals surface area (Å²) >= 11 is 0. The Morgan fingerprint density at radius 2 is 1.81 bits per heavy atom. The molecule has 0 spiro atoms. The fraction of sp³-hybridized carbons (Fsp3) is 0.800. The maximum absolute atomic E-state index is 10.6. The topological polar surface area (TPSA) is 20.2 Å². The number of hydrogen-bond acceptors (Lipinski definition) is 1. The largest absolute Gasteiger partial charge is 0.512 e. The van der Waals surface area contributed by atoms with E-state index in [-0.39, 0.29) is 0 Å². The van der Waals surface area contributed by atoms with E-state index in [1.54, 1.807) is 11.1 Å². The van der Waals surface area contributed by atoms with Gasteiger partial charge in [0.05, 0.1) is 5.76 Å². The molecule has 3 aliphatic rings. The van der Waals surface area contributed by atoms with Gasteiger partial charge in [0.2, 0.25) is 0 Å². The molecule has 0 aliphatic heterocycles. The maximum atomic E-state index is 10.6. The lowest BCUT2D eigenvalue weighted by atomic mass is 9.49. The predicted octanol–water partition coefficient (Wildman–Crippen LogP) is 6.17. The molecule has 1 heteroatoms. The highest BCUT2D eigenvalue weighted by atomic mass is 16.3. The number of rotatable bonds is 1. The third-order valence-corrected chi connectivity index (χ3v) is 6.90. The Hall–Kier alpha value is -0.720. The minimum absolute atomic E-state index is 0.339. The van der Waals surface area contributed by atoms with Gasteiger partial charge in [-0.15, -0.1) is 0 Å². The van der Waals surface area contributed by atoms with Gasteiger partial charge < -0.3 is 5.11 Å². The first kappa shape index (κ1) is 15.2. The minimum atomic E-state index is 0.339. The standard InChI is InChI=1S/C20H32O/c1-13(2)15-11-14-7-8-18-19(3,4)9-6-10-20(18,5)16(14)12-17(15)21/h13,18,21H,6-12H2,1-5H3/t18-,20+/m0/s1. The number of fused-ring (bicyclic) bond motifs is 2. The molecule has 0 amide bonds. The molecule has 0 unspecified atom stereocenters. The highest BCUT2D eigenvalue weighted by Crippen LogP contribution is 2.62. The van der Waals surface area contributed by atoms with Crippen LogP contribution in [0.3, 0.4) is 0 Å². The molecule has 0 aromatic rings. The van der Waals surface area contributed by atoms with E-state index in [9.17, 15) is 5.11 Å². The van der Waals surface area contributed by atoms with Crippen LogP contribution in [-0.2, 0) is 0 Å². The molecule has 0 aromatic carbocycles. The SMILES string of the molecule is CC(C)C1=C(O)CC2=C(CC[C@H]3C(C)(C)CCC[C@]23C)C1. The van der Waals surface area contributed by atoms with E-state index in [4.69, 9.17) is 0 Å². The van der Waals surface area contributed by atoms with E-state index >= 15 is 0 Å². The van der Waals surface area contributed by atoms with Crippen molar-refractivity contribution >= 4 is 0 Å². The molecule has 0 bridgehead atoms. The summed E-state index contributed by atoms with van der Waals surface area (Å²) < 4.78 is 0. The van der Waals surface area contributed by atoms with Gasteiger partial charge in [0.1, 0.15) is 0 Å². The number of hydrogen-bond donors (Lipinski definition) is 1. The number of aliphatic hydroxyl groups excluding tert-OH is 1. The second-order valence-electron chi connectivity index (χ2n) is 8.91. The maximum Gasteiger partial charge on any atom is 0.0961 e. The van der Waals surface area contributed by atoms with Gasteiger partial charge in [-0.2, -0.15) is 0 Å². The smallest absolute Gasteiger partial charge is 0.0961 e. The van der Waals surface area contributed by atoms with Crippen LogP contribution in [0.4, 0.5) is 0 Å². The molecule has 1 saturated carbocycles. The van der Waals surface area contributed by atoms with Crippen molar-refractivity contribution in [3.63, 3.8) is 0 Å². The molecule has 0 radical (unpaired) electrons. The van der Waals surface area contributed by atoms with Crippen molar-refractivity contribution in [2.45, 2.75) is 79.6 Å². The Morgan fingerprint density at radius 1 is 1.10 bits per heavy atom. The van der Waals surface area contributed by atoms with Crippen molar-refractivity contribution in [3.8, 4) is 0 Å². The van der Waals surface area contributed by atoms with Crippen molar-refractivity contribution in [2.75, 3.05) is 0 Å². The monoisotopic (exact) mass is 288 g/mol.